The molecule has 2 N–H and O–H groups in total. The Kier molecular flexibility index (Phi) is 6.02. The van der Waals surface area contributed by atoms with E-state index in [1.165, 1.54) is 0 Å². The third-order valence-corrected chi connectivity index (χ3v) is 15.1. The van der Waals surface area contributed by atoms with Crippen LogP contribution in [0.5, 0.6) is 11.5 Å². The first-order valence-electron chi connectivity index (χ1n) is 7.96. The van der Waals surface area contributed by atoms with Gasteiger partial charge in [0.25, 0.3) is 0 Å². The number of halogens is 4. The summed E-state index contributed by atoms with van der Waals surface area (Å²) in [6, 6.07) is 14.8. The van der Waals surface area contributed by atoms with Crippen LogP contribution < -0.4 is 19.3 Å². The van der Waals surface area contributed by atoms with Crippen molar-refractivity contribution < 1.29 is 14.2 Å². The minimum absolute atomic E-state index is 0.353. The maximum absolute atomic E-state index is 6.36. The van der Waals surface area contributed by atoms with Gasteiger partial charge in [-0.05, 0) is 18.2 Å². The minimum atomic E-state index is -3.16. The van der Waals surface area contributed by atoms with Gasteiger partial charge in [0.1, 0.15) is 19.0 Å². The Morgan fingerprint density at radius 3 is 2.14 bits per heavy atom. The largest absolute Gasteiger partial charge is 0.528 e. The second kappa shape index (κ2) is 8.06. The summed E-state index contributed by atoms with van der Waals surface area (Å²) in [6.45, 7) is 0.706. The molecule has 0 aromatic heterocycles. The molecule has 4 rings (SSSR count). The summed E-state index contributed by atoms with van der Waals surface area (Å²) in [5.41, 5.74) is 1.30. The third-order valence-electron chi connectivity index (χ3n) is 3.61. The van der Waals surface area contributed by atoms with Gasteiger partial charge in [-0.25, -0.2) is 0 Å². The molecule has 0 amide bonds. The van der Waals surface area contributed by atoms with Gasteiger partial charge < -0.3 is 14.3 Å². The first kappa shape index (κ1) is 20.9. The maximum atomic E-state index is 6.36. The zero-order valence-corrected chi connectivity index (χ0v) is 19.8. The molecule has 2 aromatic carbocycles. The summed E-state index contributed by atoms with van der Waals surface area (Å²) < 4.78 is 24.1. The molecule has 28 heavy (non-hydrogen) atoms. The Hall–Kier alpha value is -0.350. The highest BCUT2D eigenvalue weighted by Gasteiger charge is 2.35. The molecule has 2 aromatic rings. The molecule has 14 heteroatoms. The quantitative estimate of drug-likeness (QED) is 0.355. The first-order chi connectivity index (χ1) is 13.3. The maximum Gasteiger partial charge on any atom is 0.427 e. The van der Waals surface area contributed by atoms with Gasteiger partial charge in [-0.15, -0.1) is 0 Å². The number of fused-ring (bicyclic) bond motifs is 2. The molecule has 2 aliphatic rings. The number of hydrogen-bond donors (Lipinski definition) is 2. The van der Waals surface area contributed by atoms with E-state index in [0.29, 0.717) is 36.1 Å². The van der Waals surface area contributed by atoms with Gasteiger partial charge in [0.05, 0.1) is 17.5 Å². The second-order valence-corrected chi connectivity index (χ2v) is 18.0. The fourth-order valence-corrected chi connectivity index (χ4v) is 17.6. The molecule has 2 heterocycles. The standard InChI is InChI=1S/C14H13Cl4N5O2P3/c15-26(16)21-27(17,18)23-28(22-26)19-11-5-1-3-7-13(11)24-9-10-25-14-8-4-2-6-12(14)20-28/h1-8H,9-10H2,(H,19,20)/q-1/p+1. The smallest absolute Gasteiger partial charge is 0.427 e. The van der Waals surface area contributed by atoms with Crippen molar-refractivity contribution in [2.75, 3.05) is 18.3 Å². The van der Waals surface area contributed by atoms with E-state index in [-0.39, 0.29) is 0 Å². The van der Waals surface area contributed by atoms with E-state index in [1.54, 1.807) is 0 Å². The molecule has 7 nitrogen and oxygen atoms in total. The molecule has 0 unspecified atom stereocenters. The molecule has 0 saturated carbocycles. The van der Waals surface area contributed by atoms with Crippen LogP contribution in [-0.4, -0.2) is 13.2 Å². The molecular formula is C14H14Cl4N5O2P3. The van der Waals surface area contributed by atoms with Crippen molar-refractivity contribution in [3.05, 3.63) is 53.4 Å². The van der Waals surface area contributed by atoms with Crippen LogP contribution in [0, 0.1) is 0 Å². The molecule has 0 bridgehead atoms. The lowest BCUT2D eigenvalue weighted by Gasteiger charge is -2.36. The van der Waals surface area contributed by atoms with E-state index in [1.807, 2.05) is 48.5 Å². The second-order valence-electron chi connectivity index (χ2n) is 5.69. The minimum Gasteiger partial charge on any atom is -0.528 e. The van der Waals surface area contributed by atoms with Gasteiger partial charge in [-0.1, -0.05) is 69.2 Å². The zero-order chi connectivity index (χ0) is 19.8. The van der Waals surface area contributed by atoms with Gasteiger partial charge in [0, 0.05) is 6.07 Å². The van der Waals surface area contributed by atoms with Crippen LogP contribution in [0.4, 0.5) is 11.4 Å². The first-order valence-corrected chi connectivity index (χ1v) is 16.7. The number of ether oxygens (including phenoxy) is 2. The SMILES string of the molecule is ClP1(Cl)=NP2(=[NH+]c3ccccc3OCCOc3ccccc3N2)N=P(Cl)(Cl)[N-]1. The number of nitrogens with one attached hydrogen (secondary N) is 2. The van der Waals surface area contributed by atoms with E-state index in [4.69, 9.17) is 54.4 Å². The number of nitrogens with zero attached hydrogens (tertiary/aromatic N) is 3. The summed E-state index contributed by atoms with van der Waals surface area (Å²) in [7, 11) is -3.06. The van der Waals surface area contributed by atoms with Crippen molar-refractivity contribution in [2.45, 2.75) is 0 Å². The summed E-state index contributed by atoms with van der Waals surface area (Å²) in [5.74, 6) is -5.10. The molecule has 0 atom stereocenters. The highest BCUT2D eigenvalue weighted by atomic mass is 35.9. The summed E-state index contributed by atoms with van der Waals surface area (Å²) in [4.78, 5) is 4.06. The summed E-state index contributed by atoms with van der Waals surface area (Å²) >= 11 is 25.4. The van der Waals surface area contributed by atoms with Gasteiger partial charge in [-0.3, -0.25) is 5.09 Å². The number of rotatable bonds is 0. The number of hydrogen-bond acceptors (Lipinski definition) is 5. The molecule has 0 aliphatic carbocycles. The lowest BCUT2D eigenvalue weighted by Crippen LogP contribution is -2.59. The van der Waals surface area contributed by atoms with Crippen LogP contribution in [0.3, 0.4) is 0 Å². The van der Waals surface area contributed by atoms with Crippen molar-refractivity contribution >= 4 is 75.7 Å². The molecule has 0 fully saturated rings. The molecular weight excluding hydrogens is 505 g/mol. The van der Waals surface area contributed by atoms with Crippen LogP contribution >= 0.6 is 64.3 Å². The number of para-hydroxylation sites is 4. The van der Waals surface area contributed by atoms with Gasteiger partial charge in [0.15, 0.2) is 5.75 Å². The van der Waals surface area contributed by atoms with Crippen LogP contribution in [0.25, 0.3) is 4.86 Å². The van der Waals surface area contributed by atoms with E-state index < -0.39 is 19.3 Å². The third kappa shape index (κ3) is 4.86. The van der Waals surface area contributed by atoms with Gasteiger partial charge in [0.2, 0.25) is 5.69 Å². The molecule has 2 aliphatic heterocycles. The van der Waals surface area contributed by atoms with Crippen molar-refractivity contribution in [1.29, 1.82) is 0 Å². The van der Waals surface area contributed by atoms with E-state index in [2.05, 4.69) is 23.7 Å². The molecule has 1 spiro atoms. The van der Waals surface area contributed by atoms with Crippen molar-refractivity contribution in [2.24, 2.45) is 9.03 Å². The van der Waals surface area contributed by atoms with Gasteiger partial charge in [-0.2, -0.15) is 13.8 Å². The highest BCUT2D eigenvalue weighted by molar-refractivity contribution is 8.28. The molecule has 0 radical (unpaired) electrons. The van der Waals surface area contributed by atoms with Crippen LogP contribution in [0.1, 0.15) is 0 Å². The van der Waals surface area contributed by atoms with E-state index in [0.717, 1.165) is 0 Å². The van der Waals surface area contributed by atoms with E-state index in [9.17, 15) is 0 Å². The van der Waals surface area contributed by atoms with Crippen molar-refractivity contribution in [3.8, 4) is 11.5 Å². The average Bonchev–Trinajstić information content (AvgIpc) is 2.60. The van der Waals surface area contributed by atoms with Crippen molar-refractivity contribution in [3.63, 3.8) is 0 Å². The monoisotopic (exact) mass is 517 g/mol. The van der Waals surface area contributed by atoms with Crippen molar-refractivity contribution in [1.82, 2.24) is 0 Å². The summed E-state index contributed by atoms with van der Waals surface area (Å²) in [6.07, 6.45) is 0. The average molecular weight is 519 g/mol. The Balaban J connectivity index is 2.01. The Morgan fingerprint density at radius 1 is 0.857 bits per heavy atom. The number of anilines is 1. The molecule has 150 valence electrons. The summed E-state index contributed by atoms with van der Waals surface area (Å²) in [5, 5.41) is 3.31. The lowest BCUT2D eigenvalue weighted by molar-refractivity contribution is -0.331. The Morgan fingerprint density at radius 2 is 1.43 bits per heavy atom. The molecule has 0 saturated heterocycles. The Bertz CT molecular complexity index is 1050. The Labute approximate surface area is 181 Å². The van der Waals surface area contributed by atoms with Crippen LogP contribution in [0.15, 0.2) is 57.6 Å². The fourth-order valence-electron chi connectivity index (χ4n) is 2.62. The van der Waals surface area contributed by atoms with Gasteiger partial charge >= 0.3 is 7.51 Å². The highest BCUT2D eigenvalue weighted by Crippen LogP contribution is 2.90. The van der Waals surface area contributed by atoms with Crippen LogP contribution in [-0.2, 0) is 0 Å². The fraction of sp³-hybridized carbons (Fsp3) is 0.143. The predicted octanol–water partition coefficient (Wildman–Crippen LogP) is 7.46. The number of benzene rings is 2. The van der Waals surface area contributed by atoms with Crippen LogP contribution in [0.2, 0.25) is 0 Å². The normalized spacial score (nSPS) is 21.6. The lowest BCUT2D eigenvalue weighted by atomic mass is 10.3. The predicted molar refractivity (Wildman–Crippen MR) is 121 cm³/mol. The van der Waals surface area contributed by atoms with E-state index >= 15 is 0 Å². The topological polar surface area (TPSA) is 83.3 Å². The zero-order valence-electron chi connectivity index (χ0n) is 14.0.